The summed E-state index contributed by atoms with van der Waals surface area (Å²) in [5.74, 6) is -0.721. The van der Waals surface area contributed by atoms with E-state index in [4.69, 9.17) is 11.6 Å². The van der Waals surface area contributed by atoms with Crippen molar-refractivity contribution in [2.75, 3.05) is 17.1 Å². The minimum absolute atomic E-state index is 0.111. The van der Waals surface area contributed by atoms with Crippen molar-refractivity contribution in [1.29, 1.82) is 0 Å². The average Bonchev–Trinajstić information content (AvgIpc) is 3.28. The molecule has 1 atom stereocenters. The van der Waals surface area contributed by atoms with Gasteiger partial charge in [0.15, 0.2) is 0 Å². The van der Waals surface area contributed by atoms with E-state index in [1.165, 1.54) is 4.90 Å². The van der Waals surface area contributed by atoms with Crippen LogP contribution in [0.15, 0.2) is 54.6 Å². The summed E-state index contributed by atoms with van der Waals surface area (Å²) in [6.45, 7) is 1.38. The summed E-state index contributed by atoms with van der Waals surface area (Å²) < 4.78 is 26.0. The molecule has 7 nitrogen and oxygen atoms in total. The first-order chi connectivity index (χ1) is 15.6. The van der Waals surface area contributed by atoms with Gasteiger partial charge in [0.25, 0.3) is 0 Å². The normalized spacial score (nSPS) is 15.1. The van der Waals surface area contributed by atoms with Gasteiger partial charge in [-0.25, -0.2) is 8.42 Å². The minimum Gasteiger partial charge on any atom is -0.352 e. The Labute approximate surface area is 200 Å². The van der Waals surface area contributed by atoms with Crippen molar-refractivity contribution in [2.24, 2.45) is 0 Å². The van der Waals surface area contributed by atoms with Crippen LogP contribution in [0.5, 0.6) is 0 Å². The van der Waals surface area contributed by atoms with E-state index in [2.05, 4.69) is 5.32 Å². The Kier molecular flexibility index (Phi) is 8.37. The van der Waals surface area contributed by atoms with Crippen LogP contribution in [-0.4, -0.2) is 50.0 Å². The molecule has 2 aromatic rings. The number of benzene rings is 2. The van der Waals surface area contributed by atoms with Crippen LogP contribution in [0.25, 0.3) is 0 Å². The fourth-order valence-corrected chi connectivity index (χ4v) is 5.08. The van der Waals surface area contributed by atoms with Crippen molar-refractivity contribution in [3.05, 3.63) is 65.2 Å². The molecule has 9 heteroatoms. The van der Waals surface area contributed by atoms with E-state index in [9.17, 15) is 18.0 Å². The molecule has 2 aromatic carbocycles. The summed E-state index contributed by atoms with van der Waals surface area (Å²) in [7, 11) is -3.73. The molecule has 178 valence electrons. The molecule has 0 aliphatic heterocycles. The Morgan fingerprint density at radius 2 is 1.76 bits per heavy atom. The number of hydrogen-bond donors (Lipinski definition) is 1. The van der Waals surface area contributed by atoms with E-state index >= 15 is 0 Å². The largest absolute Gasteiger partial charge is 0.352 e. The summed E-state index contributed by atoms with van der Waals surface area (Å²) in [4.78, 5) is 27.9. The van der Waals surface area contributed by atoms with Crippen LogP contribution < -0.4 is 9.62 Å². The molecule has 1 aliphatic carbocycles. The molecular formula is C24H30ClN3O4S. The first-order valence-electron chi connectivity index (χ1n) is 11.0. The number of anilines is 1. The number of nitrogens with zero attached hydrogens (tertiary/aromatic N) is 2. The van der Waals surface area contributed by atoms with Crippen LogP contribution >= 0.6 is 11.6 Å². The van der Waals surface area contributed by atoms with Gasteiger partial charge < -0.3 is 10.2 Å². The number of carbonyl (C=O) groups excluding carboxylic acids is 2. The molecule has 2 amide bonds. The van der Waals surface area contributed by atoms with Gasteiger partial charge in [-0.05, 0) is 49.6 Å². The van der Waals surface area contributed by atoms with E-state index in [1.807, 2.05) is 6.07 Å². The quantitative estimate of drug-likeness (QED) is 0.580. The predicted octanol–water partition coefficient (Wildman–Crippen LogP) is 3.58. The van der Waals surface area contributed by atoms with Crippen molar-refractivity contribution >= 4 is 39.1 Å². The van der Waals surface area contributed by atoms with Crippen molar-refractivity contribution < 1.29 is 18.0 Å². The summed E-state index contributed by atoms with van der Waals surface area (Å²) in [5.41, 5.74) is 1.14. The summed E-state index contributed by atoms with van der Waals surface area (Å²) in [6.07, 6.45) is 5.06. The molecule has 0 radical (unpaired) electrons. The van der Waals surface area contributed by atoms with Gasteiger partial charge >= 0.3 is 0 Å². The van der Waals surface area contributed by atoms with Crippen LogP contribution in [0.4, 0.5) is 5.69 Å². The van der Waals surface area contributed by atoms with E-state index in [0.717, 1.165) is 41.8 Å². The number of amides is 2. The summed E-state index contributed by atoms with van der Waals surface area (Å²) in [5, 5.41) is 3.55. The summed E-state index contributed by atoms with van der Waals surface area (Å²) in [6, 6.07) is 14.8. The predicted molar refractivity (Wildman–Crippen MR) is 130 cm³/mol. The zero-order chi connectivity index (χ0) is 24.0. The lowest BCUT2D eigenvalue weighted by Gasteiger charge is -2.32. The Bertz CT molecular complexity index is 1070. The minimum atomic E-state index is -3.73. The van der Waals surface area contributed by atoms with E-state index in [-0.39, 0.29) is 18.5 Å². The Morgan fingerprint density at radius 3 is 2.36 bits per heavy atom. The molecule has 1 N–H and O–H groups in total. The van der Waals surface area contributed by atoms with E-state index < -0.39 is 28.5 Å². The highest BCUT2D eigenvalue weighted by atomic mass is 35.5. The Morgan fingerprint density at radius 1 is 1.09 bits per heavy atom. The van der Waals surface area contributed by atoms with Gasteiger partial charge in [-0.15, -0.1) is 0 Å². The molecule has 0 saturated heterocycles. The highest BCUT2D eigenvalue weighted by Gasteiger charge is 2.31. The van der Waals surface area contributed by atoms with Gasteiger partial charge in [0.1, 0.15) is 12.6 Å². The highest BCUT2D eigenvalue weighted by molar-refractivity contribution is 7.92. The second-order valence-electron chi connectivity index (χ2n) is 8.42. The third kappa shape index (κ3) is 6.95. The van der Waals surface area contributed by atoms with Crippen molar-refractivity contribution in [3.8, 4) is 0 Å². The molecule has 3 rings (SSSR count). The highest BCUT2D eigenvalue weighted by Crippen LogP contribution is 2.21. The molecule has 0 aromatic heterocycles. The van der Waals surface area contributed by atoms with Gasteiger partial charge in [-0.3, -0.25) is 13.9 Å². The van der Waals surface area contributed by atoms with Gasteiger partial charge in [0, 0.05) is 17.6 Å². The van der Waals surface area contributed by atoms with Gasteiger partial charge in [-0.2, -0.15) is 0 Å². The Balaban J connectivity index is 1.86. The molecule has 1 fully saturated rings. The number of carbonyl (C=O) groups is 2. The van der Waals surface area contributed by atoms with Gasteiger partial charge in [0.05, 0.1) is 11.9 Å². The molecule has 0 heterocycles. The maximum Gasteiger partial charge on any atom is 0.244 e. The zero-order valence-electron chi connectivity index (χ0n) is 18.9. The first-order valence-corrected chi connectivity index (χ1v) is 13.2. The third-order valence-corrected chi connectivity index (χ3v) is 7.21. The maximum absolute atomic E-state index is 13.5. The average molecular weight is 492 g/mol. The van der Waals surface area contributed by atoms with Crippen molar-refractivity contribution in [2.45, 2.75) is 51.2 Å². The molecule has 0 unspecified atom stereocenters. The van der Waals surface area contributed by atoms with Crippen LogP contribution in [-0.2, 0) is 26.2 Å². The second kappa shape index (κ2) is 11.0. The molecular weight excluding hydrogens is 462 g/mol. The van der Waals surface area contributed by atoms with Crippen LogP contribution in [0.3, 0.4) is 0 Å². The van der Waals surface area contributed by atoms with Gasteiger partial charge in [-0.1, -0.05) is 54.8 Å². The number of halogens is 1. The molecule has 0 spiro atoms. The lowest BCUT2D eigenvalue weighted by atomic mass is 10.1. The fourth-order valence-electron chi connectivity index (χ4n) is 4.01. The SMILES string of the molecule is C[C@@H](C(=O)NC1CCCC1)N(Cc1cccc(Cl)c1)C(=O)CN(c1ccccc1)S(C)(=O)=O. The number of para-hydroxylation sites is 1. The molecule has 1 saturated carbocycles. The topological polar surface area (TPSA) is 86.8 Å². The second-order valence-corrected chi connectivity index (χ2v) is 10.8. The van der Waals surface area contributed by atoms with Crippen molar-refractivity contribution in [1.82, 2.24) is 10.2 Å². The fraction of sp³-hybridized carbons (Fsp3) is 0.417. The first kappa shape index (κ1) is 25.1. The van der Waals surface area contributed by atoms with E-state index in [0.29, 0.717) is 10.7 Å². The monoisotopic (exact) mass is 491 g/mol. The number of hydrogen-bond acceptors (Lipinski definition) is 4. The van der Waals surface area contributed by atoms with Crippen molar-refractivity contribution in [3.63, 3.8) is 0 Å². The summed E-state index contributed by atoms with van der Waals surface area (Å²) >= 11 is 6.12. The van der Waals surface area contributed by atoms with Crippen LogP contribution in [0, 0.1) is 0 Å². The number of rotatable bonds is 9. The van der Waals surface area contributed by atoms with E-state index in [1.54, 1.807) is 55.5 Å². The maximum atomic E-state index is 13.5. The molecule has 0 bridgehead atoms. The Hall–Kier alpha value is -2.58. The van der Waals surface area contributed by atoms with Crippen LogP contribution in [0.2, 0.25) is 5.02 Å². The zero-order valence-corrected chi connectivity index (χ0v) is 20.5. The van der Waals surface area contributed by atoms with Crippen LogP contribution in [0.1, 0.15) is 38.2 Å². The molecule has 33 heavy (non-hydrogen) atoms. The lowest BCUT2D eigenvalue weighted by molar-refractivity contribution is -0.139. The lowest BCUT2D eigenvalue weighted by Crippen LogP contribution is -2.52. The molecule has 1 aliphatic rings. The number of nitrogens with one attached hydrogen (secondary N) is 1. The van der Waals surface area contributed by atoms with Gasteiger partial charge in [0.2, 0.25) is 21.8 Å². The standard InChI is InChI=1S/C24H30ClN3O4S/c1-18(24(30)26-21-11-6-7-12-21)27(16-19-9-8-10-20(25)15-19)23(29)17-28(33(2,31)32)22-13-4-3-5-14-22/h3-5,8-10,13-15,18,21H,6-7,11-12,16-17H2,1-2H3,(H,26,30)/t18-/m0/s1. The third-order valence-electron chi connectivity index (χ3n) is 5.83. The smallest absolute Gasteiger partial charge is 0.244 e. The number of sulfonamides is 1.